The summed E-state index contributed by atoms with van der Waals surface area (Å²) < 4.78 is 5.24. The number of carbonyl (C=O) groups excluding carboxylic acids is 1. The number of methoxy groups -OCH3 is 1. The molecule has 1 amide bonds. The lowest BCUT2D eigenvalue weighted by Crippen LogP contribution is -2.55. The molecule has 6 heteroatoms. The number of rotatable bonds is 7. The van der Waals surface area contributed by atoms with E-state index in [1.54, 1.807) is 7.11 Å². The van der Waals surface area contributed by atoms with E-state index in [0.717, 1.165) is 25.9 Å². The number of carboxylic acids is 1. The predicted molar refractivity (Wildman–Crippen MR) is 75.5 cm³/mol. The zero-order chi connectivity index (χ0) is 15.2. The molecule has 1 aliphatic heterocycles. The fraction of sp³-hybridized carbons (Fsp3) is 0.857. The molecule has 0 saturated carbocycles. The van der Waals surface area contributed by atoms with Gasteiger partial charge in [-0.25, -0.2) is 0 Å². The van der Waals surface area contributed by atoms with Gasteiger partial charge in [0.1, 0.15) is 0 Å². The molecular formula is C14H26N2O4. The predicted octanol–water partition coefficient (Wildman–Crippen LogP) is 0.762. The average Bonchev–Trinajstić information content (AvgIpc) is 2.37. The molecule has 3 N–H and O–H groups in total. The van der Waals surface area contributed by atoms with Gasteiger partial charge >= 0.3 is 5.97 Å². The highest BCUT2D eigenvalue weighted by Gasteiger charge is 2.41. The van der Waals surface area contributed by atoms with Gasteiger partial charge in [-0.2, -0.15) is 0 Å². The normalized spacial score (nSPS) is 18.6. The lowest BCUT2D eigenvalue weighted by atomic mass is 9.78. The van der Waals surface area contributed by atoms with E-state index in [-0.39, 0.29) is 12.3 Å². The van der Waals surface area contributed by atoms with Crippen LogP contribution in [0.15, 0.2) is 0 Å². The maximum atomic E-state index is 12.6. The summed E-state index contributed by atoms with van der Waals surface area (Å²) >= 11 is 0. The largest absolute Gasteiger partial charge is 0.481 e. The van der Waals surface area contributed by atoms with Crippen LogP contribution >= 0.6 is 0 Å². The minimum absolute atomic E-state index is 0.0313. The van der Waals surface area contributed by atoms with Crippen molar-refractivity contribution in [3.8, 4) is 0 Å². The Bertz CT molecular complexity index is 344. The van der Waals surface area contributed by atoms with Gasteiger partial charge in [0, 0.05) is 19.1 Å². The molecule has 6 nitrogen and oxygen atoms in total. The van der Waals surface area contributed by atoms with Gasteiger partial charge in [0.15, 0.2) is 0 Å². The number of carboxylic acid groups (broad SMARTS) is 1. The molecule has 1 heterocycles. The van der Waals surface area contributed by atoms with Crippen molar-refractivity contribution >= 4 is 11.9 Å². The Morgan fingerprint density at radius 1 is 1.35 bits per heavy atom. The molecular weight excluding hydrogens is 260 g/mol. The Morgan fingerprint density at radius 3 is 2.45 bits per heavy atom. The first kappa shape index (κ1) is 16.9. The lowest BCUT2D eigenvalue weighted by molar-refractivity contribution is -0.140. The Labute approximate surface area is 120 Å². The number of amides is 1. The van der Waals surface area contributed by atoms with E-state index >= 15 is 0 Å². The van der Waals surface area contributed by atoms with Crippen molar-refractivity contribution in [2.45, 2.75) is 45.1 Å². The molecule has 0 bridgehead atoms. The summed E-state index contributed by atoms with van der Waals surface area (Å²) in [6, 6.07) is 0. The van der Waals surface area contributed by atoms with Gasteiger partial charge in [0.2, 0.25) is 5.91 Å². The van der Waals surface area contributed by atoms with Crippen LogP contribution in [0.4, 0.5) is 0 Å². The van der Waals surface area contributed by atoms with Crippen LogP contribution in [0.25, 0.3) is 0 Å². The summed E-state index contributed by atoms with van der Waals surface area (Å²) in [4.78, 5) is 23.3. The maximum Gasteiger partial charge on any atom is 0.303 e. The second-order valence-electron chi connectivity index (χ2n) is 6.20. The molecule has 116 valence electrons. The highest BCUT2D eigenvalue weighted by Crippen LogP contribution is 2.30. The Kier molecular flexibility index (Phi) is 5.95. The van der Waals surface area contributed by atoms with Crippen LogP contribution in [0, 0.1) is 5.41 Å². The Morgan fingerprint density at radius 2 is 1.95 bits per heavy atom. The summed E-state index contributed by atoms with van der Waals surface area (Å²) in [5.74, 6) is -0.878. The van der Waals surface area contributed by atoms with Crippen LogP contribution in [0.2, 0.25) is 0 Å². The van der Waals surface area contributed by atoms with Crippen LogP contribution in [-0.4, -0.2) is 49.3 Å². The summed E-state index contributed by atoms with van der Waals surface area (Å²) in [6.45, 7) is 5.71. The molecule has 1 rings (SSSR count). The SMILES string of the molecule is COCC1(C(=O)NC(C)(C)CCC(=O)O)CCNCC1. The first-order valence-corrected chi connectivity index (χ1v) is 7.05. The van der Waals surface area contributed by atoms with Gasteiger partial charge in [-0.1, -0.05) is 0 Å². The molecule has 0 aliphatic carbocycles. The zero-order valence-corrected chi connectivity index (χ0v) is 12.6. The average molecular weight is 286 g/mol. The van der Waals surface area contributed by atoms with E-state index in [2.05, 4.69) is 10.6 Å². The zero-order valence-electron chi connectivity index (χ0n) is 12.6. The molecule has 0 spiro atoms. The Balaban J connectivity index is 2.67. The van der Waals surface area contributed by atoms with Crippen LogP contribution < -0.4 is 10.6 Å². The van der Waals surface area contributed by atoms with Crippen molar-refractivity contribution < 1.29 is 19.4 Å². The third kappa shape index (κ3) is 4.76. The van der Waals surface area contributed by atoms with Crippen LogP contribution in [0.1, 0.15) is 39.5 Å². The molecule has 20 heavy (non-hydrogen) atoms. The first-order chi connectivity index (χ1) is 9.31. The highest BCUT2D eigenvalue weighted by atomic mass is 16.5. The fourth-order valence-electron chi connectivity index (χ4n) is 2.54. The molecule has 1 aliphatic rings. The molecule has 0 aromatic heterocycles. The van der Waals surface area contributed by atoms with Crippen LogP contribution in [0.3, 0.4) is 0 Å². The smallest absolute Gasteiger partial charge is 0.303 e. The van der Waals surface area contributed by atoms with E-state index in [4.69, 9.17) is 9.84 Å². The second-order valence-corrected chi connectivity index (χ2v) is 6.20. The topological polar surface area (TPSA) is 87.7 Å². The highest BCUT2D eigenvalue weighted by molar-refractivity contribution is 5.83. The monoisotopic (exact) mass is 286 g/mol. The van der Waals surface area contributed by atoms with Gasteiger partial charge in [0.25, 0.3) is 0 Å². The number of hydrogen-bond donors (Lipinski definition) is 3. The van der Waals surface area contributed by atoms with Gasteiger partial charge in [-0.3, -0.25) is 9.59 Å². The van der Waals surface area contributed by atoms with Crippen molar-refractivity contribution in [1.82, 2.24) is 10.6 Å². The van der Waals surface area contributed by atoms with E-state index in [0.29, 0.717) is 13.0 Å². The third-order valence-electron chi connectivity index (χ3n) is 3.88. The summed E-state index contributed by atoms with van der Waals surface area (Å²) in [6.07, 6.45) is 1.94. The third-order valence-corrected chi connectivity index (χ3v) is 3.88. The summed E-state index contributed by atoms with van der Waals surface area (Å²) in [5.41, 5.74) is -1.03. The Hall–Kier alpha value is -1.14. The van der Waals surface area contributed by atoms with E-state index < -0.39 is 16.9 Å². The van der Waals surface area contributed by atoms with Crippen molar-refractivity contribution in [3.05, 3.63) is 0 Å². The molecule has 0 atom stereocenters. The molecule has 1 fully saturated rings. The number of aliphatic carboxylic acids is 1. The number of nitrogens with one attached hydrogen (secondary N) is 2. The molecule has 1 saturated heterocycles. The minimum atomic E-state index is -0.846. The summed E-state index contributed by atoms with van der Waals surface area (Å²) in [5, 5.41) is 15.0. The van der Waals surface area contributed by atoms with Crippen molar-refractivity contribution in [2.24, 2.45) is 5.41 Å². The van der Waals surface area contributed by atoms with Crippen LogP contribution in [0.5, 0.6) is 0 Å². The van der Waals surface area contributed by atoms with Crippen molar-refractivity contribution in [2.75, 3.05) is 26.8 Å². The number of piperidine rings is 1. The number of ether oxygens (including phenoxy) is 1. The standard InChI is InChI=1S/C14H26N2O4/c1-13(2,5-4-11(17)18)16-12(19)14(10-20-3)6-8-15-9-7-14/h15H,4-10H2,1-3H3,(H,16,19)(H,17,18). The quantitative estimate of drug-likeness (QED) is 0.643. The lowest BCUT2D eigenvalue weighted by Gasteiger charge is -2.38. The van der Waals surface area contributed by atoms with Crippen molar-refractivity contribution in [3.63, 3.8) is 0 Å². The molecule has 0 unspecified atom stereocenters. The fourth-order valence-corrected chi connectivity index (χ4v) is 2.54. The number of carbonyl (C=O) groups is 2. The minimum Gasteiger partial charge on any atom is -0.481 e. The van der Waals surface area contributed by atoms with Crippen molar-refractivity contribution in [1.29, 1.82) is 0 Å². The number of hydrogen-bond acceptors (Lipinski definition) is 4. The van der Waals surface area contributed by atoms with E-state index in [1.807, 2.05) is 13.8 Å². The molecule has 0 radical (unpaired) electrons. The van der Waals surface area contributed by atoms with Crippen LogP contribution in [-0.2, 0) is 14.3 Å². The van der Waals surface area contributed by atoms with Gasteiger partial charge in [-0.05, 0) is 46.2 Å². The van der Waals surface area contributed by atoms with Gasteiger partial charge in [0.05, 0.1) is 12.0 Å². The van der Waals surface area contributed by atoms with Gasteiger partial charge in [-0.15, -0.1) is 0 Å². The maximum absolute atomic E-state index is 12.6. The summed E-state index contributed by atoms with van der Waals surface area (Å²) in [7, 11) is 1.60. The first-order valence-electron chi connectivity index (χ1n) is 7.05. The van der Waals surface area contributed by atoms with Gasteiger partial charge < -0.3 is 20.5 Å². The van der Waals surface area contributed by atoms with E-state index in [1.165, 1.54) is 0 Å². The van der Waals surface area contributed by atoms with E-state index in [9.17, 15) is 9.59 Å². The second kappa shape index (κ2) is 7.04. The molecule has 0 aromatic rings. The molecule has 0 aromatic carbocycles.